The fourth-order valence-corrected chi connectivity index (χ4v) is 2.57. The Balaban J connectivity index is 2.14. The van der Waals surface area contributed by atoms with Gasteiger partial charge in [-0.25, -0.2) is 0 Å². The molecule has 1 heterocycles. The van der Waals surface area contributed by atoms with Gasteiger partial charge in [-0.15, -0.1) is 0 Å². The molecule has 0 aliphatic carbocycles. The lowest BCUT2D eigenvalue weighted by Crippen LogP contribution is -2.37. The Labute approximate surface area is 132 Å². The van der Waals surface area contributed by atoms with E-state index < -0.39 is 0 Å². The van der Waals surface area contributed by atoms with Gasteiger partial charge in [0.15, 0.2) is 0 Å². The molecule has 0 fully saturated rings. The summed E-state index contributed by atoms with van der Waals surface area (Å²) in [7, 11) is 0. The molecule has 0 bridgehead atoms. The van der Waals surface area contributed by atoms with Gasteiger partial charge in [0.05, 0.1) is 5.69 Å². The van der Waals surface area contributed by atoms with E-state index in [0.717, 1.165) is 37.2 Å². The number of benzene rings is 1. The van der Waals surface area contributed by atoms with Crippen molar-refractivity contribution in [1.82, 2.24) is 14.7 Å². The first-order valence-electron chi connectivity index (χ1n) is 8.06. The van der Waals surface area contributed by atoms with Crippen molar-refractivity contribution in [1.29, 1.82) is 0 Å². The molecule has 4 nitrogen and oxygen atoms in total. The summed E-state index contributed by atoms with van der Waals surface area (Å²) >= 11 is 0. The number of hydrogen-bond donors (Lipinski definition) is 0. The van der Waals surface area contributed by atoms with Crippen molar-refractivity contribution >= 4 is 5.91 Å². The average molecular weight is 299 g/mol. The van der Waals surface area contributed by atoms with Gasteiger partial charge in [-0.2, -0.15) is 5.10 Å². The number of aromatic nitrogens is 2. The Hall–Kier alpha value is -2.10. The fourth-order valence-electron chi connectivity index (χ4n) is 2.57. The molecule has 118 valence electrons. The van der Waals surface area contributed by atoms with Crippen LogP contribution in [0.5, 0.6) is 0 Å². The number of hydrogen-bond acceptors (Lipinski definition) is 2. The lowest BCUT2D eigenvalue weighted by molar-refractivity contribution is -0.134. The highest BCUT2D eigenvalue weighted by molar-refractivity contribution is 5.80. The van der Waals surface area contributed by atoms with Crippen molar-refractivity contribution in [3.05, 3.63) is 42.6 Å². The molecular formula is C18H25N3O. The summed E-state index contributed by atoms with van der Waals surface area (Å²) in [6.07, 6.45) is 3.85. The molecule has 4 heteroatoms. The van der Waals surface area contributed by atoms with E-state index in [1.54, 1.807) is 4.68 Å². The summed E-state index contributed by atoms with van der Waals surface area (Å²) in [5.41, 5.74) is 1.97. The van der Waals surface area contributed by atoms with Crippen molar-refractivity contribution < 1.29 is 4.79 Å². The van der Waals surface area contributed by atoms with Gasteiger partial charge >= 0.3 is 0 Å². The third kappa shape index (κ3) is 3.75. The van der Waals surface area contributed by atoms with E-state index in [2.05, 4.69) is 18.9 Å². The molecule has 0 radical (unpaired) electrons. The Morgan fingerprint density at radius 3 is 2.36 bits per heavy atom. The van der Waals surface area contributed by atoms with Crippen molar-refractivity contribution in [2.24, 2.45) is 0 Å². The second kappa shape index (κ2) is 7.78. The monoisotopic (exact) mass is 299 g/mol. The van der Waals surface area contributed by atoms with E-state index in [-0.39, 0.29) is 11.9 Å². The molecule has 0 N–H and O–H groups in total. The van der Waals surface area contributed by atoms with E-state index in [0.29, 0.717) is 0 Å². The third-order valence-corrected chi connectivity index (χ3v) is 3.73. The summed E-state index contributed by atoms with van der Waals surface area (Å²) < 4.78 is 1.77. The zero-order valence-corrected chi connectivity index (χ0v) is 13.7. The molecular weight excluding hydrogens is 274 g/mol. The Morgan fingerprint density at radius 1 is 1.14 bits per heavy atom. The maximum Gasteiger partial charge on any atom is 0.247 e. The lowest BCUT2D eigenvalue weighted by Gasteiger charge is -2.25. The highest BCUT2D eigenvalue weighted by Gasteiger charge is 2.21. The van der Waals surface area contributed by atoms with Crippen LogP contribution in [0.25, 0.3) is 11.3 Å². The van der Waals surface area contributed by atoms with Crippen LogP contribution in [0.4, 0.5) is 0 Å². The van der Waals surface area contributed by atoms with Gasteiger partial charge in [0.25, 0.3) is 0 Å². The number of amides is 1. The molecule has 1 unspecified atom stereocenters. The molecule has 1 amide bonds. The standard InChI is InChI=1S/C18H25N3O/c1-4-12-20(13-5-2)18(22)15(3)21-14-11-17(19-21)16-9-7-6-8-10-16/h6-11,14-15H,4-5,12-13H2,1-3H3. The van der Waals surface area contributed by atoms with Crippen LogP contribution in [0.1, 0.15) is 39.7 Å². The van der Waals surface area contributed by atoms with Gasteiger partial charge < -0.3 is 4.90 Å². The van der Waals surface area contributed by atoms with Crippen LogP contribution in [-0.4, -0.2) is 33.7 Å². The molecule has 2 rings (SSSR count). The van der Waals surface area contributed by atoms with Crippen LogP contribution >= 0.6 is 0 Å². The van der Waals surface area contributed by atoms with Gasteiger partial charge in [-0.3, -0.25) is 9.48 Å². The highest BCUT2D eigenvalue weighted by atomic mass is 16.2. The van der Waals surface area contributed by atoms with Gasteiger partial charge in [0, 0.05) is 24.8 Å². The van der Waals surface area contributed by atoms with E-state index in [9.17, 15) is 4.79 Å². The van der Waals surface area contributed by atoms with Crippen molar-refractivity contribution in [2.75, 3.05) is 13.1 Å². The van der Waals surface area contributed by atoms with Crippen LogP contribution in [0.2, 0.25) is 0 Å². The molecule has 1 atom stereocenters. The second-order valence-corrected chi connectivity index (χ2v) is 5.55. The lowest BCUT2D eigenvalue weighted by atomic mass is 10.2. The minimum atomic E-state index is -0.268. The van der Waals surface area contributed by atoms with Gasteiger partial charge in [-0.05, 0) is 25.8 Å². The van der Waals surface area contributed by atoms with E-state index >= 15 is 0 Å². The minimum absolute atomic E-state index is 0.145. The molecule has 0 aliphatic rings. The first-order valence-corrected chi connectivity index (χ1v) is 8.06. The summed E-state index contributed by atoms with van der Waals surface area (Å²) in [5, 5.41) is 4.57. The number of carbonyl (C=O) groups excluding carboxylic acids is 1. The van der Waals surface area contributed by atoms with Crippen LogP contribution < -0.4 is 0 Å². The molecule has 1 aromatic carbocycles. The van der Waals surface area contributed by atoms with E-state index in [1.807, 2.05) is 54.4 Å². The maximum absolute atomic E-state index is 12.6. The van der Waals surface area contributed by atoms with Crippen molar-refractivity contribution in [3.8, 4) is 11.3 Å². The summed E-state index contributed by atoms with van der Waals surface area (Å²) in [5.74, 6) is 0.145. The van der Waals surface area contributed by atoms with Gasteiger partial charge in [-0.1, -0.05) is 44.2 Å². The fraction of sp³-hybridized carbons (Fsp3) is 0.444. The quantitative estimate of drug-likeness (QED) is 0.780. The molecule has 2 aromatic rings. The predicted octanol–water partition coefficient (Wildman–Crippen LogP) is 3.76. The summed E-state index contributed by atoms with van der Waals surface area (Å²) in [6.45, 7) is 7.74. The maximum atomic E-state index is 12.6. The Morgan fingerprint density at radius 2 is 1.77 bits per heavy atom. The van der Waals surface area contributed by atoms with E-state index in [4.69, 9.17) is 0 Å². The van der Waals surface area contributed by atoms with Gasteiger partial charge in [0.1, 0.15) is 6.04 Å². The first kappa shape index (κ1) is 16.3. The summed E-state index contributed by atoms with van der Waals surface area (Å²) in [4.78, 5) is 14.6. The number of carbonyl (C=O) groups is 1. The number of rotatable bonds is 7. The zero-order chi connectivity index (χ0) is 15.9. The summed E-state index contributed by atoms with van der Waals surface area (Å²) in [6, 6.07) is 11.7. The van der Waals surface area contributed by atoms with E-state index in [1.165, 1.54) is 0 Å². The van der Waals surface area contributed by atoms with Gasteiger partial charge in [0.2, 0.25) is 5.91 Å². The topological polar surface area (TPSA) is 38.1 Å². The molecule has 0 aliphatic heterocycles. The van der Waals surface area contributed by atoms with Crippen LogP contribution in [0.3, 0.4) is 0 Å². The predicted molar refractivity (Wildman–Crippen MR) is 89.5 cm³/mol. The third-order valence-electron chi connectivity index (χ3n) is 3.73. The molecule has 22 heavy (non-hydrogen) atoms. The Bertz CT molecular complexity index is 585. The molecule has 0 saturated heterocycles. The Kier molecular flexibility index (Phi) is 5.75. The SMILES string of the molecule is CCCN(CCC)C(=O)C(C)n1ccc(-c2ccccc2)n1. The van der Waals surface area contributed by atoms with Crippen molar-refractivity contribution in [3.63, 3.8) is 0 Å². The van der Waals surface area contributed by atoms with Crippen LogP contribution in [-0.2, 0) is 4.79 Å². The largest absolute Gasteiger partial charge is 0.341 e. The average Bonchev–Trinajstić information content (AvgIpc) is 3.04. The smallest absolute Gasteiger partial charge is 0.247 e. The second-order valence-electron chi connectivity index (χ2n) is 5.55. The number of nitrogens with zero attached hydrogens (tertiary/aromatic N) is 3. The normalized spacial score (nSPS) is 12.1. The van der Waals surface area contributed by atoms with Crippen LogP contribution in [0, 0.1) is 0 Å². The van der Waals surface area contributed by atoms with Crippen molar-refractivity contribution in [2.45, 2.75) is 39.7 Å². The zero-order valence-electron chi connectivity index (χ0n) is 13.7. The molecule has 0 spiro atoms. The molecule has 0 saturated carbocycles. The minimum Gasteiger partial charge on any atom is -0.341 e. The molecule has 1 aromatic heterocycles. The highest BCUT2D eigenvalue weighted by Crippen LogP contribution is 2.18. The van der Waals surface area contributed by atoms with Crippen LogP contribution in [0.15, 0.2) is 42.6 Å². The first-order chi connectivity index (χ1) is 10.7.